The second-order valence-electron chi connectivity index (χ2n) is 6.73. The molecule has 1 aliphatic carbocycles. The molecule has 0 aromatic carbocycles. The molecule has 1 aromatic heterocycles. The van der Waals surface area contributed by atoms with Crippen LogP contribution in [0.3, 0.4) is 0 Å². The van der Waals surface area contributed by atoms with Crippen molar-refractivity contribution in [3.8, 4) is 0 Å². The monoisotopic (exact) mass is 540 g/mol. The van der Waals surface area contributed by atoms with Crippen molar-refractivity contribution < 1.29 is 61.6 Å². The van der Waals surface area contributed by atoms with E-state index in [0.29, 0.717) is 18.4 Å². The van der Waals surface area contributed by atoms with Crippen LogP contribution in [-0.4, -0.2) is 63.9 Å². The van der Waals surface area contributed by atoms with Crippen molar-refractivity contribution in [2.45, 2.75) is 44.2 Å². The number of H-pyrrole nitrogens is 1. The highest BCUT2D eigenvalue weighted by Gasteiger charge is 2.41. The van der Waals surface area contributed by atoms with Crippen molar-refractivity contribution in [2.24, 2.45) is 0 Å². The van der Waals surface area contributed by atoms with Crippen LogP contribution in [0.1, 0.15) is 30.9 Å². The van der Waals surface area contributed by atoms with Gasteiger partial charge in [0.25, 0.3) is 11.4 Å². The van der Waals surface area contributed by atoms with E-state index in [2.05, 4.69) is 14.0 Å². The van der Waals surface area contributed by atoms with Crippen molar-refractivity contribution in [1.29, 1.82) is 0 Å². The van der Waals surface area contributed by atoms with Crippen LogP contribution in [0.5, 0.6) is 0 Å². The number of ether oxygens (including phenoxy) is 2. The van der Waals surface area contributed by atoms with Gasteiger partial charge >= 0.3 is 34.9 Å². The topological polar surface area (TPSA) is 272 Å². The summed E-state index contributed by atoms with van der Waals surface area (Å²) in [7, 11) is -13.9. The van der Waals surface area contributed by atoms with Crippen LogP contribution in [0.2, 0.25) is 0 Å². The maximum atomic E-state index is 11.9. The molecule has 0 bridgehead atoms. The molecule has 1 saturated carbocycles. The first-order valence-corrected chi connectivity index (χ1v) is 13.5. The standard InChI is InChI=1S/C13H19N2O8P.H4O7P2/c1-7-6-15(13(18)14-10(7)16)8-3-4-9(5-8)23-12(11(17)22-2)24(19,20)21;1-8(2,3)7-9(4,5)6/h6,8-9,12H,3-5H2,1-2H3,(H,14,16,18)(H2,19,20,21);(H2,1,2,3)(H2,4,5,6)/t8-,9+,12?;/m0./s1. The molecule has 190 valence electrons. The van der Waals surface area contributed by atoms with Crippen LogP contribution in [0, 0.1) is 6.92 Å². The Morgan fingerprint density at radius 2 is 1.64 bits per heavy atom. The molecule has 0 saturated heterocycles. The predicted molar refractivity (Wildman–Crippen MR) is 107 cm³/mol. The van der Waals surface area contributed by atoms with E-state index < -0.39 is 52.4 Å². The Morgan fingerprint density at radius 1 is 1.09 bits per heavy atom. The van der Waals surface area contributed by atoms with Crippen molar-refractivity contribution in [3.05, 3.63) is 32.6 Å². The Balaban J connectivity index is 0.000000513. The minimum Gasteiger partial charge on any atom is -0.467 e. The molecule has 1 unspecified atom stereocenters. The molecular weight excluding hydrogens is 517 g/mol. The fraction of sp³-hybridized carbons (Fsp3) is 0.615. The number of aromatic amines is 1. The number of hydrogen-bond donors (Lipinski definition) is 7. The highest BCUT2D eigenvalue weighted by Crippen LogP contribution is 2.53. The quantitative estimate of drug-likeness (QED) is 0.158. The molecule has 33 heavy (non-hydrogen) atoms. The Hall–Kier alpha value is -1.48. The Labute approximate surface area is 185 Å². The molecule has 1 heterocycles. The van der Waals surface area contributed by atoms with E-state index in [4.69, 9.17) is 24.3 Å². The summed E-state index contributed by atoms with van der Waals surface area (Å²) in [4.78, 5) is 86.4. The zero-order valence-electron chi connectivity index (χ0n) is 17.1. The molecule has 0 spiro atoms. The van der Waals surface area contributed by atoms with Crippen LogP contribution in [0.4, 0.5) is 0 Å². The maximum absolute atomic E-state index is 11.9. The Kier molecular flexibility index (Phi) is 10.1. The molecule has 0 amide bonds. The molecule has 0 aliphatic heterocycles. The molecule has 7 N–H and O–H groups in total. The number of nitrogens with one attached hydrogen (secondary N) is 1. The van der Waals surface area contributed by atoms with Gasteiger partial charge in [0.2, 0.25) is 0 Å². The van der Waals surface area contributed by atoms with Crippen LogP contribution < -0.4 is 11.2 Å². The van der Waals surface area contributed by atoms with Gasteiger partial charge in [0.15, 0.2) is 0 Å². The average molecular weight is 540 g/mol. The second-order valence-corrected chi connectivity index (χ2v) is 11.0. The van der Waals surface area contributed by atoms with Gasteiger partial charge in [0.1, 0.15) is 0 Å². The lowest BCUT2D eigenvalue weighted by atomic mass is 10.2. The third-order valence-corrected chi connectivity index (χ3v) is 6.78. The van der Waals surface area contributed by atoms with Gasteiger partial charge in [0.05, 0.1) is 13.2 Å². The summed E-state index contributed by atoms with van der Waals surface area (Å²) >= 11 is 0. The first-order chi connectivity index (χ1) is 14.8. The number of rotatable bonds is 7. The van der Waals surface area contributed by atoms with Gasteiger partial charge in [-0.3, -0.25) is 18.9 Å². The van der Waals surface area contributed by atoms with Gasteiger partial charge < -0.3 is 38.8 Å². The lowest BCUT2D eigenvalue weighted by Crippen LogP contribution is -2.33. The molecule has 1 aliphatic rings. The number of aromatic nitrogens is 2. The summed E-state index contributed by atoms with van der Waals surface area (Å²) in [6.07, 6.45) is 2.01. The van der Waals surface area contributed by atoms with Gasteiger partial charge in [-0.05, 0) is 26.2 Å². The van der Waals surface area contributed by atoms with Crippen LogP contribution >= 0.6 is 23.2 Å². The van der Waals surface area contributed by atoms with Crippen molar-refractivity contribution in [3.63, 3.8) is 0 Å². The fourth-order valence-electron chi connectivity index (χ4n) is 2.84. The largest absolute Gasteiger partial charge is 0.478 e. The van der Waals surface area contributed by atoms with Crippen molar-refractivity contribution in [2.75, 3.05) is 7.11 Å². The number of nitrogens with zero attached hydrogens (tertiary/aromatic N) is 1. The third-order valence-electron chi connectivity index (χ3n) is 4.14. The minimum absolute atomic E-state index is 0.277. The summed E-state index contributed by atoms with van der Waals surface area (Å²) in [6.45, 7) is 1.57. The number of aryl methyl sites for hydroxylation is 1. The summed E-state index contributed by atoms with van der Waals surface area (Å²) in [5.41, 5.74) is -0.647. The third kappa shape index (κ3) is 10.1. The predicted octanol–water partition coefficient (Wildman–Crippen LogP) is -1.18. The maximum Gasteiger partial charge on any atom is 0.478 e. The number of carbonyl (C=O) groups excluding carboxylic acids is 1. The first kappa shape index (κ1) is 29.6. The van der Waals surface area contributed by atoms with E-state index >= 15 is 0 Å². The van der Waals surface area contributed by atoms with Crippen LogP contribution in [0.15, 0.2) is 15.8 Å². The molecular formula is C13H23N2O15P3. The minimum atomic E-state index is -5.05. The number of carbonyl (C=O) groups is 1. The highest BCUT2D eigenvalue weighted by atomic mass is 31.3. The number of phosphoric acid groups is 2. The molecule has 17 nitrogen and oxygen atoms in total. The fourth-order valence-corrected chi connectivity index (χ4v) is 4.66. The summed E-state index contributed by atoms with van der Waals surface area (Å²) in [6, 6.07) is -0.298. The molecule has 1 fully saturated rings. The summed E-state index contributed by atoms with van der Waals surface area (Å²) in [5.74, 6) is -3.14. The molecule has 2 rings (SSSR count). The van der Waals surface area contributed by atoms with Gasteiger partial charge in [-0.15, -0.1) is 0 Å². The van der Waals surface area contributed by atoms with Crippen LogP contribution in [0.25, 0.3) is 0 Å². The average Bonchev–Trinajstić information content (AvgIpc) is 3.07. The van der Waals surface area contributed by atoms with E-state index in [-0.39, 0.29) is 12.5 Å². The number of hydrogen-bond acceptors (Lipinski definition) is 9. The summed E-state index contributed by atoms with van der Waals surface area (Å²) < 4.78 is 44.6. The van der Waals surface area contributed by atoms with Gasteiger partial charge in [0, 0.05) is 17.8 Å². The molecule has 0 radical (unpaired) electrons. The van der Waals surface area contributed by atoms with E-state index in [0.717, 1.165) is 7.11 Å². The van der Waals surface area contributed by atoms with E-state index in [1.165, 1.54) is 10.8 Å². The van der Waals surface area contributed by atoms with Crippen LogP contribution in [-0.2, 0) is 32.3 Å². The lowest BCUT2D eigenvalue weighted by Gasteiger charge is -2.21. The smallest absolute Gasteiger partial charge is 0.467 e. The first-order valence-electron chi connectivity index (χ1n) is 8.77. The molecule has 20 heteroatoms. The van der Waals surface area contributed by atoms with Crippen molar-refractivity contribution in [1.82, 2.24) is 9.55 Å². The normalized spacial score (nSPS) is 20.0. The highest BCUT2D eigenvalue weighted by molar-refractivity contribution is 7.60. The van der Waals surface area contributed by atoms with E-state index in [1.807, 2.05) is 0 Å². The Morgan fingerprint density at radius 3 is 2.06 bits per heavy atom. The SMILES string of the molecule is COC(=O)C(O[C@@H]1CC[C@H](n2cc(C)c(=O)[nH]c2=O)C1)P(=O)(O)O.O=P(O)(O)OP(=O)(O)O. The number of methoxy groups -OCH3 is 1. The summed E-state index contributed by atoms with van der Waals surface area (Å²) in [5, 5.41) is 0. The molecule has 1 aromatic rings. The van der Waals surface area contributed by atoms with E-state index in [9.17, 15) is 37.9 Å². The van der Waals surface area contributed by atoms with Gasteiger partial charge in [-0.25, -0.2) is 18.7 Å². The van der Waals surface area contributed by atoms with Crippen molar-refractivity contribution >= 4 is 29.2 Å². The lowest BCUT2D eigenvalue weighted by molar-refractivity contribution is -0.152. The zero-order chi connectivity index (χ0) is 25.8. The zero-order valence-corrected chi connectivity index (χ0v) is 19.8. The Bertz CT molecular complexity index is 1070. The van der Waals surface area contributed by atoms with E-state index in [1.54, 1.807) is 6.92 Å². The van der Waals surface area contributed by atoms with Gasteiger partial charge in [-0.1, -0.05) is 0 Å². The van der Waals surface area contributed by atoms with Gasteiger partial charge in [-0.2, -0.15) is 4.31 Å². The second kappa shape index (κ2) is 11.3. The molecule has 3 atom stereocenters. The number of esters is 1.